The predicted molar refractivity (Wildman–Crippen MR) is 83.2 cm³/mol. The van der Waals surface area contributed by atoms with E-state index in [-0.39, 0.29) is 5.91 Å². The fourth-order valence-corrected chi connectivity index (χ4v) is 2.95. The zero-order valence-electron chi connectivity index (χ0n) is 11.8. The molecular weight excluding hydrogens is 290 g/mol. The average molecular weight is 310 g/mol. The molecule has 0 unspecified atom stereocenters. The predicted octanol–water partition coefficient (Wildman–Crippen LogP) is 2.29. The van der Waals surface area contributed by atoms with Gasteiger partial charge in [0, 0.05) is 12.1 Å². The van der Waals surface area contributed by atoms with Crippen LogP contribution < -0.4 is 16.8 Å². The summed E-state index contributed by atoms with van der Waals surface area (Å²) in [6.45, 7) is 0.311. The van der Waals surface area contributed by atoms with Crippen LogP contribution in [0.5, 0.6) is 0 Å². The van der Waals surface area contributed by atoms with E-state index in [2.05, 4.69) is 5.32 Å². The van der Waals surface area contributed by atoms with Gasteiger partial charge in [-0.2, -0.15) is 0 Å². The molecule has 1 aliphatic carbocycles. The van der Waals surface area contributed by atoms with Gasteiger partial charge in [-0.1, -0.05) is 30.9 Å². The number of nitrogens with one attached hydrogen (secondary N) is 1. The van der Waals surface area contributed by atoms with E-state index in [0.717, 1.165) is 32.1 Å². The number of carbonyl (C=O) groups is 2. The second-order valence-electron chi connectivity index (χ2n) is 5.56. The Morgan fingerprint density at radius 1 is 1.24 bits per heavy atom. The third-order valence-electron chi connectivity index (χ3n) is 4.18. The van der Waals surface area contributed by atoms with Crippen LogP contribution in [0.2, 0.25) is 5.02 Å². The summed E-state index contributed by atoms with van der Waals surface area (Å²) in [5.41, 5.74) is 11.3. The summed E-state index contributed by atoms with van der Waals surface area (Å²) in [4.78, 5) is 23.8. The number of benzene rings is 1. The second-order valence-corrected chi connectivity index (χ2v) is 5.97. The third kappa shape index (κ3) is 3.36. The first-order valence-electron chi connectivity index (χ1n) is 7.09. The maximum Gasteiger partial charge on any atom is 0.248 e. The number of halogens is 1. The molecule has 2 rings (SSSR count). The minimum atomic E-state index is -0.562. The number of carbonyl (C=O) groups excluding carboxylic acids is 2. The number of rotatable bonds is 4. The van der Waals surface area contributed by atoms with Gasteiger partial charge in [0.1, 0.15) is 0 Å². The van der Waals surface area contributed by atoms with Gasteiger partial charge in [0.15, 0.2) is 0 Å². The van der Waals surface area contributed by atoms with Crippen LogP contribution in [0.25, 0.3) is 0 Å². The summed E-state index contributed by atoms with van der Waals surface area (Å²) in [7, 11) is 0. The van der Waals surface area contributed by atoms with Gasteiger partial charge >= 0.3 is 0 Å². The molecule has 0 atom stereocenters. The quantitative estimate of drug-likeness (QED) is 0.795. The summed E-state index contributed by atoms with van der Waals surface area (Å²) in [6, 6.07) is 4.57. The number of primary amides is 1. The summed E-state index contributed by atoms with van der Waals surface area (Å²) >= 11 is 6.07. The number of hydrogen-bond acceptors (Lipinski definition) is 3. The van der Waals surface area contributed by atoms with E-state index < -0.39 is 11.3 Å². The van der Waals surface area contributed by atoms with E-state index in [1.54, 1.807) is 6.07 Å². The number of hydrogen-bond donors (Lipinski definition) is 3. The molecular formula is C15H20ClN3O2. The molecule has 1 aliphatic rings. The van der Waals surface area contributed by atoms with Crippen molar-refractivity contribution in [1.29, 1.82) is 0 Å². The van der Waals surface area contributed by atoms with Crippen molar-refractivity contribution in [2.24, 2.45) is 16.9 Å². The van der Waals surface area contributed by atoms with Crippen molar-refractivity contribution in [3.8, 4) is 0 Å². The highest BCUT2D eigenvalue weighted by molar-refractivity contribution is 6.34. The zero-order chi connectivity index (χ0) is 15.5. The molecule has 1 fully saturated rings. The lowest BCUT2D eigenvalue weighted by Gasteiger charge is -2.34. The summed E-state index contributed by atoms with van der Waals surface area (Å²) in [5.74, 6) is -0.693. The Hall–Kier alpha value is -1.59. The Kier molecular flexibility index (Phi) is 4.85. The second kappa shape index (κ2) is 6.45. The van der Waals surface area contributed by atoms with Crippen LogP contribution in [0.3, 0.4) is 0 Å². The molecule has 0 aromatic heterocycles. The van der Waals surface area contributed by atoms with Crippen molar-refractivity contribution < 1.29 is 9.59 Å². The molecule has 5 nitrogen and oxygen atoms in total. The minimum Gasteiger partial charge on any atom is -0.366 e. The third-order valence-corrected chi connectivity index (χ3v) is 4.51. The van der Waals surface area contributed by atoms with Gasteiger partial charge in [-0.05, 0) is 31.0 Å². The lowest BCUT2D eigenvalue weighted by atomic mass is 9.73. The first-order chi connectivity index (χ1) is 9.98. The van der Waals surface area contributed by atoms with Crippen molar-refractivity contribution in [3.63, 3.8) is 0 Å². The van der Waals surface area contributed by atoms with E-state index in [0.29, 0.717) is 22.8 Å². The fraction of sp³-hybridized carbons (Fsp3) is 0.467. The molecule has 1 aromatic rings. The topological polar surface area (TPSA) is 98.2 Å². The van der Waals surface area contributed by atoms with E-state index in [9.17, 15) is 9.59 Å². The van der Waals surface area contributed by atoms with Gasteiger partial charge in [-0.3, -0.25) is 9.59 Å². The van der Waals surface area contributed by atoms with E-state index in [1.807, 2.05) is 0 Å². The fourth-order valence-electron chi connectivity index (χ4n) is 2.78. The highest BCUT2D eigenvalue weighted by Crippen LogP contribution is 2.37. The molecule has 0 aliphatic heterocycles. The largest absolute Gasteiger partial charge is 0.366 e. The molecule has 5 N–H and O–H groups in total. The summed E-state index contributed by atoms with van der Waals surface area (Å²) < 4.78 is 0. The zero-order valence-corrected chi connectivity index (χ0v) is 12.6. The van der Waals surface area contributed by atoms with E-state index in [4.69, 9.17) is 23.1 Å². The smallest absolute Gasteiger partial charge is 0.248 e. The number of anilines is 1. The molecule has 0 heterocycles. The maximum atomic E-state index is 12.6. The molecule has 1 aromatic carbocycles. The SMILES string of the molecule is NCC1(C(=O)Nc2cc(C(N)=O)ccc2Cl)CCCCC1. The Morgan fingerprint density at radius 2 is 1.90 bits per heavy atom. The Balaban J connectivity index is 2.22. The first kappa shape index (κ1) is 15.8. The summed E-state index contributed by atoms with van der Waals surface area (Å²) in [5, 5.41) is 3.18. The van der Waals surface area contributed by atoms with Crippen LogP contribution in [0.15, 0.2) is 18.2 Å². The van der Waals surface area contributed by atoms with Crippen molar-refractivity contribution >= 4 is 29.1 Å². The normalized spacial score (nSPS) is 17.2. The lowest BCUT2D eigenvalue weighted by Crippen LogP contribution is -2.43. The standard InChI is InChI=1S/C15H20ClN3O2/c16-11-5-4-10(13(18)20)8-12(11)19-14(21)15(9-17)6-2-1-3-7-15/h4-5,8H,1-3,6-7,9,17H2,(H2,18,20)(H,19,21). The van der Waals surface area contributed by atoms with Gasteiger partial charge in [-0.15, -0.1) is 0 Å². The van der Waals surface area contributed by atoms with Gasteiger partial charge < -0.3 is 16.8 Å². The Morgan fingerprint density at radius 3 is 2.48 bits per heavy atom. The molecule has 0 bridgehead atoms. The molecule has 21 heavy (non-hydrogen) atoms. The van der Waals surface area contributed by atoms with Gasteiger partial charge in [0.05, 0.1) is 16.1 Å². The van der Waals surface area contributed by atoms with Crippen LogP contribution in [-0.4, -0.2) is 18.4 Å². The molecule has 2 amide bonds. The molecule has 0 radical (unpaired) electrons. The number of amides is 2. The van der Waals surface area contributed by atoms with Crippen LogP contribution in [-0.2, 0) is 4.79 Å². The number of nitrogens with two attached hydrogens (primary N) is 2. The first-order valence-corrected chi connectivity index (χ1v) is 7.47. The maximum absolute atomic E-state index is 12.6. The Bertz CT molecular complexity index is 554. The molecule has 114 valence electrons. The highest BCUT2D eigenvalue weighted by atomic mass is 35.5. The highest BCUT2D eigenvalue weighted by Gasteiger charge is 2.38. The molecule has 0 spiro atoms. The molecule has 0 saturated heterocycles. The van der Waals surface area contributed by atoms with Crippen molar-refractivity contribution in [1.82, 2.24) is 0 Å². The van der Waals surface area contributed by atoms with Gasteiger partial charge in [0.2, 0.25) is 11.8 Å². The summed E-state index contributed by atoms with van der Waals surface area (Å²) in [6.07, 6.45) is 4.69. The Labute approximate surface area is 129 Å². The van der Waals surface area contributed by atoms with Crippen LogP contribution >= 0.6 is 11.6 Å². The van der Waals surface area contributed by atoms with Crippen molar-refractivity contribution in [3.05, 3.63) is 28.8 Å². The van der Waals surface area contributed by atoms with Crippen molar-refractivity contribution in [2.75, 3.05) is 11.9 Å². The average Bonchev–Trinajstić information content (AvgIpc) is 2.49. The van der Waals surface area contributed by atoms with Crippen LogP contribution in [0, 0.1) is 5.41 Å². The monoisotopic (exact) mass is 309 g/mol. The molecule has 1 saturated carbocycles. The van der Waals surface area contributed by atoms with Crippen LogP contribution in [0.4, 0.5) is 5.69 Å². The van der Waals surface area contributed by atoms with Gasteiger partial charge in [-0.25, -0.2) is 0 Å². The van der Waals surface area contributed by atoms with Gasteiger partial charge in [0.25, 0.3) is 0 Å². The van der Waals surface area contributed by atoms with Crippen molar-refractivity contribution in [2.45, 2.75) is 32.1 Å². The van der Waals surface area contributed by atoms with E-state index >= 15 is 0 Å². The molecule has 6 heteroatoms. The van der Waals surface area contributed by atoms with E-state index in [1.165, 1.54) is 12.1 Å². The minimum absolute atomic E-state index is 0.131. The van der Waals surface area contributed by atoms with Crippen LogP contribution in [0.1, 0.15) is 42.5 Å². The lowest BCUT2D eigenvalue weighted by molar-refractivity contribution is -0.126.